The van der Waals surface area contributed by atoms with Crippen molar-refractivity contribution in [1.82, 2.24) is 5.32 Å². The van der Waals surface area contributed by atoms with Crippen molar-refractivity contribution in [1.29, 1.82) is 0 Å². The maximum Gasteiger partial charge on any atom is 0.469 e. The Morgan fingerprint density at radius 1 is 0.758 bits per heavy atom. The minimum Gasteiger partial charge on any atom is -0.417 e. The Hall–Kier alpha value is 0.858. The average Bonchev–Trinajstić information content (AvgIpc) is 3.05. The minimum absolute atomic E-state index is 0.384. The molecular formula is C21H52NO6PSi4. The summed E-state index contributed by atoms with van der Waals surface area (Å²) >= 11 is 0. The smallest absolute Gasteiger partial charge is 0.417 e. The van der Waals surface area contributed by atoms with Gasteiger partial charge in [0.1, 0.15) is 5.28 Å². The zero-order chi connectivity index (χ0) is 25.6. The van der Waals surface area contributed by atoms with Crippen molar-refractivity contribution in [3.05, 3.63) is 0 Å². The second-order valence-corrected chi connectivity index (χ2v) is 31.3. The van der Waals surface area contributed by atoms with E-state index in [-0.39, 0.29) is 0 Å². The Bertz CT molecular complexity index is 591. The van der Waals surface area contributed by atoms with Crippen LogP contribution in [0.3, 0.4) is 0 Å². The van der Waals surface area contributed by atoms with Crippen LogP contribution in [0.1, 0.15) is 46.0 Å². The first-order valence-electron chi connectivity index (χ1n) is 12.7. The second kappa shape index (κ2) is 12.4. The van der Waals surface area contributed by atoms with Gasteiger partial charge in [0.05, 0.1) is 13.2 Å². The third-order valence-corrected chi connectivity index (χ3v) is 19.9. The van der Waals surface area contributed by atoms with Crippen LogP contribution in [0.4, 0.5) is 0 Å². The van der Waals surface area contributed by atoms with Crippen molar-refractivity contribution in [2.75, 3.05) is 19.8 Å². The SMILES string of the molecule is CCOP(=O)(OCC)C1(NCCC[Si](O[Si](C)(C)C)(O[Si](C)(C)C)O[Si](C)(C)C)CCCC1. The molecular weight excluding hydrogens is 506 g/mol. The van der Waals surface area contributed by atoms with Crippen molar-refractivity contribution in [3.8, 4) is 0 Å². The van der Waals surface area contributed by atoms with Crippen molar-refractivity contribution in [2.24, 2.45) is 0 Å². The molecule has 1 aliphatic rings. The molecule has 33 heavy (non-hydrogen) atoms. The molecule has 198 valence electrons. The molecule has 0 aliphatic heterocycles. The molecule has 0 heterocycles. The highest BCUT2D eigenvalue weighted by atomic mass is 31.2. The number of nitrogens with one attached hydrogen (secondary N) is 1. The third-order valence-electron chi connectivity index (χ3n) is 5.05. The Kier molecular flexibility index (Phi) is 12.0. The first-order valence-corrected chi connectivity index (χ1v) is 26.4. The Morgan fingerprint density at radius 3 is 1.48 bits per heavy atom. The van der Waals surface area contributed by atoms with Crippen molar-refractivity contribution >= 4 is 41.4 Å². The van der Waals surface area contributed by atoms with E-state index in [2.05, 4.69) is 64.2 Å². The molecule has 7 nitrogen and oxygen atoms in total. The number of hydrogen-bond donors (Lipinski definition) is 1. The zero-order valence-corrected chi connectivity index (χ0v) is 28.2. The van der Waals surface area contributed by atoms with Gasteiger partial charge < -0.3 is 26.7 Å². The first kappa shape index (κ1) is 31.9. The summed E-state index contributed by atoms with van der Waals surface area (Å²) in [4.78, 5) is 0. The summed E-state index contributed by atoms with van der Waals surface area (Å²) in [5.74, 6) is 0. The Balaban J connectivity index is 3.07. The van der Waals surface area contributed by atoms with Crippen LogP contribution in [0.25, 0.3) is 0 Å². The zero-order valence-electron chi connectivity index (χ0n) is 23.3. The molecule has 0 saturated heterocycles. The molecule has 0 aromatic heterocycles. The molecule has 0 unspecified atom stereocenters. The molecule has 0 atom stereocenters. The van der Waals surface area contributed by atoms with E-state index in [1.807, 2.05) is 13.8 Å². The molecule has 12 heteroatoms. The summed E-state index contributed by atoms with van der Waals surface area (Å²) in [6, 6.07) is 0.766. The van der Waals surface area contributed by atoms with Crippen molar-refractivity contribution in [3.63, 3.8) is 0 Å². The summed E-state index contributed by atoms with van der Waals surface area (Å²) in [6.45, 7) is 25.1. The van der Waals surface area contributed by atoms with Crippen LogP contribution < -0.4 is 5.32 Å². The van der Waals surface area contributed by atoms with Crippen molar-refractivity contribution in [2.45, 2.75) is 116 Å². The van der Waals surface area contributed by atoms with Crippen LogP contribution in [-0.4, -0.2) is 58.8 Å². The lowest BCUT2D eigenvalue weighted by Gasteiger charge is -2.43. The molecule has 0 aromatic carbocycles. The van der Waals surface area contributed by atoms with Gasteiger partial charge in [-0.2, -0.15) is 0 Å². The van der Waals surface area contributed by atoms with E-state index in [1.165, 1.54) is 0 Å². The molecule has 0 amide bonds. The Labute approximate surface area is 208 Å². The van der Waals surface area contributed by atoms with Crippen molar-refractivity contribution < 1.29 is 26.0 Å². The minimum atomic E-state index is -3.25. The predicted octanol–water partition coefficient (Wildman–Crippen LogP) is 7.00. The number of rotatable bonds is 16. The Morgan fingerprint density at radius 2 is 1.15 bits per heavy atom. The van der Waals surface area contributed by atoms with Gasteiger partial charge in [-0.1, -0.05) is 12.8 Å². The highest BCUT2D eigenvalue weighted by Crippen LogP contribution is 2.64. The second-order valence-electron chi connectivity index (χ2n) is 11.9. The van der Waals surface area contributed by atoms with E-state index >= 15 is 0 Å². The maximum atomic E-state index is 13.7. The van der Waals surface area contributed by atoms with Crippen LogP contribution in [0.5, 0.6) is 0 Å². The van der Waals surface area contributed by atoms with Gasteiger partial charge in [0.25, 0.3) is 0 Å². The standard InChI is InChI=1S/C21H52NO6PSi4/c1-12-24-29(23,25-13-2)21(17-14-15-18-21)22-19-16-20-33(26-30(3,4)5,27-31(6,7)8)28-32(9,10)11/h22H,12-20H2,1-11H3. The van der Waals surface area contributed by atoms with E-state index in [0.717, 1.165) is 38.1 Å². The molecule has 1 N–H and O–H groups in total. The molecule has 0 bridgehead atoms. The van der Waals surface area contributed by atoms with Gasteiger partial charge >= 0.3 is 16.4 Å². The average molecular weight is 558 g/mol. The van der Waals surface area contributed by atoms with E-state index < -0.39 is 46.6 Å². The summed E-state index contributed by atoms with van der Waals surface area (Å²) < 4.78 is 45.7. The number of hydrogen-bond acceptors (Lipinski definition) is 7. The monoisotopic (exact) mass is 557 g/mol. The molecule has 1 aliphatic carbocycles. The fourth-order valence-corrected chi connectivity index (χ4v) is 21.4. The molecule has 1 saturated carbocycles. The van der Waals surface area contributed by atoms with E-state index in [1.54, 1.807) is 0 Å². The van der Waals surface area contributed by atoms with Gasteiger partial charge in [0, 0.05) is 6.04 Å². The summed E-state index contributed by atoms with van der Waals surface area (Å²) in [5, 5.41) is 3.05. The van der Waals surface area contributed by atoms with Gasteiger partial charge in [0.2, 0.25) is 0 Å². The fraction of sp³-hybridized carbons (Fsp3) is 1.00. The third kappa shape index (κ3) is 10.8. The topological polar surface area (TPSA) is 75.3 Å². The van der Waals surface area contributed by atoms with Crippen LogP contribution in [-0.2, 0) is 26.0 Å². The first-order chi connectivity index (χ1) is 14.9. The lowest BCUT2D eigenvalue weighted by Crippen LogP contribution is -2.60. The summed E-state index contributed by atoms with van der Waals surface area (Å²) in [6.07, 6.45) is 4.54. The lowest BCUT2D eigenvalue weighted by molar-refractivity contribution is 0.185. The van der Waals surface area contributed by atoms with Gasteiger partial charge in [-0.3, -0.25) is 4.57 Å². The molecule has 0 spiro atoms. The highest BCUT2D eigenvalue weighted by Gasteiger charge is 2.53. The molecule has 1 rings (SSSR count). The predicted molar refractivity (Wildman–Crippen MR) is 149 cm³/mol. The normalized spacial score (nSPS) is 18.2. The highest BCUT2D eigenvalue weighted by molar-refractivity contribution is 7.55. The van der Waals surface area contributed by atoms with Crippen LogP contribution in [0, 0.1) is 0 Å². The lowest BCUT2D eigenvalue weighted by atomic mass is 10.2. The fourth-order valence-electron chi connectivity index (χ4n) is 4.37. The maximum absolute atomic E-state index is 13.7. The molecule has 0 aromatic rings. The quantitative estimate of drug-likeness (QED) is 0.124. The van der Waals surface area contributed by atoms with Crippen LogP contribution in [0.2, 0.25) is 65.0 Å². The summed E-state index contributed by atoms with van der Waals surface area (Å²) in [5.41, 5.74) is 0. The summed E-state index contributed by atoms with van der Waals surface area (Å²) in [7, 11) is -11.8. The molecule has 1 fully saturated rings. The van der Waals surface area contributed by atoms with Gasteiger partial charge in [-0.15, -0.1) is 0 Å². The van der Waals surface area contributed by atoms with Crippen LogP contribution in [0.15, 0.2) is 0 Å². The van der Waals surface area contributed by atoms with E-state index in [4.69, 9.17) is 21.4 Å². The largest absolute Gasteiger partial charge is 0.469 e. The van der Waals surface area contributed by atoms with Gasteiger partial charge in [-0.25, -0.2) is 0 Å². The van der Waals surface area contributed by atoms with Crippen LogP contribution >= 0.6 is 7.60 Å². The van der Waals surface area contributed by atoms with Gasteiger partial charge in [-0.05, 0) is 98.6 Å². The molecule has 0 radical (unpaired) electrons. The van der Waals surface area contributed by atoms with E-state index in [0.29, 0.717) is 19.8 Å². The van der Waals surface area contributed by atoms with E-state index in [9.17, 15) is 4.57 Å². The van der Waals surface area contributed by atoms with Gasteiger partial charge in [0.15, 0.2) is 25.0 Å².